The molecule has 0 spiro atoms. The van der Waals surface area contributed by atoms with E-state index in [4.69, 9.17) is 10.2 Å². The highest BCUT2D eigenvalue weighted by Crippen LogP contribution is 2.22. The van der Waals surface area contributed by atoms with E-state index >= 15 is 0 Å². The van der Waals surface area contributed by atoms with Gasteiger partial charge in [0.05, 0.1) is 18.7 Å². The first kappa shape index (κ1) is 16.6. The summed E-state index contributed by atoms with van der Waals surface area (Å²) >= 11 is 0. The van der Waals surface area contributed by atoms with Crippen LogP contribution in [0.3, 0.4) is 0 Å². The zero-order valence-corrected chi connectivity index (χ0v) is 11.5. The summed E-state index contributed by atoms with van der Waals surface area (Å²) in [5.74, 6) is -1.05. The van der Waals surface area contributed by atoms with E-state index in [-0.39, 0.29) is 19.0 Å². The predicted octanol–water partition coefficient (Wildman–Crippen LogP) is 2.40. The topological polar surface area (TPSA) is 59.5 Å². The van der Waals surface area contributed by atoms with Crippen LogP contribution in [0, 0.1) is 11.8 Å². The van der Waals surface area contributed by atoms with Gasteiger partial charge >= 0.3 is 6.18 Å². The number of nitrogens with two attached hydrogens (primary N) is 1. The molecule has 1 aromatic heterocycles. The zero-order chi connectivity index (χ0) is 15.3. The van der Waals surface area contributed by atoms with Crippen molar-refractivity contribution in [1.82, 2.24) is 4.90 Å². The van der Waals surface area contributed by atoms with Crippen LogP contribution in [0.4, 0.5) is 13.2 Å². The summed E-state index contributed by atoms with van der Waals surface area (Å²) in [4.78, 5) is 13.0. The molecule has 2 N–H and O–H groups in total. The molecule has 0 aliphatic carbocycles. The van der Waals surface area contributed by atoms with Gasteiger partial charge in [0.25, 0.3) is 0 Å². The molecule has 1 aromatic rings. The summed E-state index contributed by atoms with van der Waals surface area (Å²) < 4.78 is 42.8. The van der Waals surface area contributed by atoms with Crippen molar-refractivity contribution in [3.05, 3.63) is 24.2 Å². The van der Waals surface area contributed by atoms with Crippen molar-refractivity contribution >= 4 is 5.91 Å². The number of nitrogens with zero attached hydrogens (tertiary/aromatic N) is 1. The second-order valence-corrected chi connectivity index (χ2v) is 4.98. The fourth-order valence-corrected chi connectivity index (χ4v) is 1.91. The van der Waals surface area contributed by atoms with E-state index in [0.29, 0.717) is 5.76 Å². The number of halogens is 3. The van der Waals surface area contributed by atoms with E-state index in [1.807, 2.05) is 0 Å². The van der Waals surface area contributed by atoms with Crippen LogP contribution in [-0.2, 0) is 11.3 Å². The first-order valence-corrected chi connectivity index (χ1v) is 6.32. The molecule has 114 valence electrons. The lowest BCUT2D eigenvalue weighted by molar-refractivity contribution is -0.166. The van der Waals surface area contributed by atoms with Crippen molar-refractivity contribution in [3.63, 3.8) is 0 Å². The summed E-state index contributed by atoms with van der Waals surface area (Å²) in [6, 6.07) is 3.10. The second kappa shape index (κ2) is 6.78. The molecule has 1 heterocycles. The van der Waals surface area contributed by atoms with Crippen molar-refractivity contribution in [2.24, 2.45) is 17.6 Å². The van der Waals surface area contributed by atoms with Crippen LogP contribution in [0.5, 0.6) is 0 Å². The van der Waals surface area contributed by atoms with Gasteiger partial charge in [-0.2, -0.15) is 13.2 Å². The molecule has 1 unspecified atom stereocenters. The first-order chi connectivity index (χ1) is 9.24. The molecular weight excluding hydrogens is 273 g/mol. The molecular formula is C13H19F3N2O2. The number of furan rings is 1. The Kier molecular flexibility index (Phi) is 5.62. The van der Waals surface area contributed by atoms with Gasteiger partial charge in [-0.1, -0.05) is 13.8 Å². The number of hydrogen-bond acceptors (Lipinski definition) is 3. The van der Waals surface area contributed by atoms with Gasteiger partial charge in [-0.25, -0.2) is 0 Å². The Morgan fingerprint density at radius 2 is 2.10 bits per heavy atom. The maximum Gasteiger partial charge on any atom is 0.406 e. The van der Waals surface area contributed by atoms with Crippen LogP contribution in [0.15, 0.2) is 22.8 Å². The Morgan fingerprint density at radius 1 is 1.45 bits per heavy atom. The minimum Gasteiger partial charge on any atom is -0.467 e. The second-order valence-electron chi connectivity index (χ2n) is 4.98. The number of carbonyl (C=O) groups is 1. The average molecular weight is 292 g/mol. The van der Waals surface area contributed by atoms with E-state index in [1.165, 1.54) is 12.3 Å². The molecule has 0 aromatic carbocycles. The third-order valence-corrected chi connectivity index (χ3v) is 2.98. The molecule has 4 nitrogen and oxygen atoms in total. The SMILES string of the molecule is CC(C)C(CN)C(=O)N(Cc1ccco1)CC(F)(F)F. The smallest absolute Gasteiger partial charge is 0.406 e. The summed E-state index contributed by atoms with van der Waals surface area (Å²) in [7, 11) is 0. The van der Waals surface area contributed by atoms with Gasteiger partial charge in [-0.3, -0.25) is 4.79 Å². The molecule has 0 fully saturated rings. The Morgan fingerprint density at radius 3 is 2.50 bits per heavy atom. The van der Waals surface area contributed by atoms with Gasteiger partial charge in [0.2, 0.25) is 5.91 Å². The largest absolute Gasteiger partial charge is 0.467 e. The maximum atomic E-state index is 12.6. The minimum absolute atomic E-state index is 0.0169. The Labute approximate surface area is 115 Å². The van der Waals surface area contributed by atoms with E-state index in [2.05, 4.69) is 0 Å². The van der Waals surface area contributed by atoms with Crippen LogP contribution < -0.4 is 5.73 Å². The van der Waals surface area contributed by atoms with Gasteiger partial charge in [-0.05, 0) is 18.1 Å². The Balaban J connectivity index is 2.88. The van der Waals surface area contributed by atoms with Gasteiger partial charge in [-0.15, -0.1) is 0 Å². The number of hydrogen-bond donors (Lipinski definition) is 1. The number of alkyl halides is 3. The lowest BCUT2D eigenvalue weighted by atomic mass is 9.94. The minimum atomic E-state index is -4.46. The number of amides is 1. The van der Waals surface area contributed by atoms with Crippen molar-refractivity contribution < 1.29 is 22.4 Å². The van der Waals surface area contributed by atoms with Crippen LogP contribution in [0.2, 0.25) is 0 Å². The Bertz CT molecular complexity index is 416. The molecule has 20 heavy (non-hydrogen) atoms. The van der Waals surface area contributed by atoms with E-state index in [9.17, 15) is 18.0 Å². The molecule has 0 aliphatic heterocycles. The molecule has 0 saturated carbocycles. The summed E-state index contributed by atoms with van der Waals surface area (Å²) in [5, 5.41) is 0. The van der Waals surface area contributed by atoms with E-state index in [0.717, 1.165) is 4.90 Å². The summed E-state index contributed by atoms with van der Waals surface area (Å²) in [6.07, 6.45) is -3.10. The number of rotatable bonds is 6. The summed E-state index contributed by atoms with van der Waals surface area (Å²) in [5.41, 5.74) is 5.50. The van der Waals surface area contributed by atoms with E-state index in [1.54, 1.807) is 19.9 Å². The zero-order valence-electron chi connectivity index (χ0n) is 11.5. The molecule has 1 rings (SSSR count). The highest BCUT2D eigenvalue weighted by atomic mass is 19.4. The van der Waals surface area contributed by atoms with Crippen molar-refractivity contribution in [3.8, 4) is 0 Å². The lowest BCUT2D eigenvalue weighted by Crippen LogP contribution is -2.45. The monoisotopic (exact) mass is 292 g/mol. The molecule has 1 amide bonds. The molecule has 0 aliphatic rings. The molecule has 0 bridgehead atoms. The van der Waals surface area contributed by atoms with Crippen LogP contribution in [0.1, 0.15) is 19.6 Å². The van der Waals surface area contributed by atoms with E-state index < -0.39 is 24.5 Å². The fourth-order valence-electron chi connectivity index (χ4n) is 1.91. The van der Waals surface area contributed by atoms with Gasteiger partial charge in [0.1, 0.15) is 12.3 Å². The average Bonchev–Trinajstić information content (AvgIpc) is 2.79. The van der Waals surface area contributed by atoms with Gasteiger partial charge < -0.3 is 15.1 Å². The van der Waals surface area contributed by atoms with Gasteiger partial charge in [0.15, 0.2) is 0 Å². The lowest BCUT2D eigenvalue weighted by Gasteiger charge is -2.28. The number of carbonyl (C=O) groups excluding carboxylic acids is 1. The van der Waals surface area contributed by atoms with Crippen molar-refractivity contribution in [2.45, 2.75) is 26.6 Å². The molecule has 7 heteroatoms. The van der Waals surface area contributed by atoms with Gasteiger partial charge in [0, 0.05) is 6.54 Å². The molecule has 0 radical (unpaired) electrons. The third kappa shape index (κ3) is 4.88. The third-order valence-electron chi connectivity index (χ3n) is 2.98. The normalized spacial score (nSPS) is 13.6. The first-order valence-electron chi connectivity index (χ1n) is 6.32. The maximum absolute atomic E-state index is 12.6. The highest BCUT2D eigenvalue weighted by molar-refractivity contribution is 5.79. The molecule has 0 saturated heterocycles. The highest BCUT2D eigenvalue weighted by Gasteiger charge is 2.36. The van der Waals surface area contributed by atoms with Crippen LogP contribution >= 0.6 is 0 Å². The Hall–Kier alpha value is -1.50. The van der Waals surface area contributed by atoms with Crippen LogP contribution in [0.25, 0.3) is 0 Å². The predicted molar refractivity (Wildman–Crippen MR) is 67.6 cm³/mol. The fraction of sp³-hybridized carbons (Fsp3) is 0.615. The molecule has 1 atom stereocenters. The summed E-state index contributed by atoms with van der Waals surface area (Å²) in [6.45, 7) is 2.01. The van der Waals surface area contributed by atoms with Crippen molar-refractivity contribution in [1.29, 1.82) is 0 Å². The van der Waals surface area contributed by atoms with Crippen LogP contribution in [-0.4, -0.2) is 30.1 Å². The standard InChI is InChI=1S/C13H19F3N2O2/c1-9(2)11(6-17)12(19)18(8-13(14,15)16)7-10-4-3-5-20-10/h3-5,9,11H,6-8,17H2,1-2H3. The quantitative estimate of drug-likeness (QED) is 0.876. The van der Waals surface area contributed by atoms with Crippen molar-refractivity contribution in [2.75, 3.05) is 13.1 Å².